The van der Waals surface area contributed by atoms with Gasteiger partial charge < -0.3 is 19.9 Å². The van der Waals surface area contributed by atoms with Crippen molar-refractivity contribution in [1.82, 2.24) is 9.55 Å². The molecular formula is C15H18FN3O6. The van der Waals surface area contributed by atoms with Crippen LogP contribution in [0.25, 0.3) is 0 Å². The molecule has 0 radical (unpaired) electrons. The molecule has 0 saturated carbocycles. The Labute approximate surface area is 142 Å². The van der Waals surface area contributed by atoms with Crippen molar-refractivity contribution in [2.45, 2.75) is 38.7 Å². The summed E-state index contributed by atoms with van der Waals surface area (Å²) < 4.78 is 29.8. The third-order valence-corrected chi connectivity index (χ3v) is 3.28. The number of hydrogen-bond donors (Lipinski definition) is 1. The SMILES string of the molecule is CC(=O)OC(C)(C)C(=O)OCC1C=CC(n2cc(F)c(N)nc2=O)O1. The van der Waals surface area contributed by atoms with Crippen LogP contribution in [0, 0.1) is 5.82 Å². The Morgan fingerprint density at radius 3 is 2.76 bits per heavy atom. The van der Waals surface area contributed by atoms with Crippen LogP contribution >= 0.6 is 0 Å². The monoisotopic (exact) mass is 355 g/mol. The summed E-state index contributed by atoms with van der Waals surface area (Å²) in [6.45, 7) is 3.80. The number of ether oxygens (including phenoxy) is 3. The van der Waals surface area contributed by atoms with E-state index in [-0.39, 0.29) is 6.61 Å². The highest BCUT2D eigenvalue weighted by Gasteiger charge is 2.34. The molecule has 1 aliphatic heterocycles. The lowest BCUT2D eigenvalue weighted by Crippen LogP contribution is -2.39. The van der Waals surface area contributed by atoms with E-state index in [2.05, 4.69) is 4.98 Å². The largest absolute Gasteiger partial charge is 0.460 e. The summed E-state index contributed by atoms with van der Waals surface area (Å²) in [7, 11) is 0. The molecule has 1 aromatic rings. The fourth-order valence-electron chi connectivity index (χ4n) is 2.11. The van der Waals surface area contributed by atoms with Gasteiger partial charge in [0.05, 0.1) is 6.20 Å². The van der Waals surface area contributed by atoms with E-state index in [1.807, 2.05) is 0 Å². The Bertz CT molecular complexity index is 773. The third kappa shape index (κ3) is 4.41. The maximum Gasteiger partial charge on any atom is 0.352 e. The Morgan fingerprint density at radius 1 is 1.44 bits per heavy atom. The molecule has 0 aliphatic carbocycles. The third-order valence-electron chi connectivity index (χ3n) is 3.28. The first-order chi connectivity index (χ1) is 11.6. The van der Waals surface area contributed by atoms with Gasteiger partial charge in [0.25, 0.3) is 0 Å². The minimum Gasteiger partial charge on any atom is -0.460 e. The summed E-state index contributed by atoms with van der Waals surface area (Å²) in [6, 6.07) is 0. The average Bonchev–Trinajstić information content (AvgIpc) is 2.95. The molecule has 25 heavy (non-hydrogen) atoms. The van der Waals surface area contributed by atoms with Crippen molar-refractivity contribution in [3.8, 4) is 0 Å². The number of carbonyl (C=O) groups is 2. The number of aromatic nitrogens is 2. The summed E-state index contributed by atoms with van der Waals surface area (Å²) in [5, 5.41) is 0. The molecule has 0 fully saturated rings. The number of halogens is 1. The van der Waals surface area contributed by atoms with Crippen LogP contribution in [0.5, 0.6) is 0 Å². The lowest BCUT2D eigenvalue weighted by atomic mass is 10.1. The molecule has 2 heterocycles. The topological polar surface area (TPSA) is 123 Å². The van der Waals surface area contributed by atoms with E-state index in [4.69, 9.17) is 19.9 Å². The molecular weight excluding hydrogens is 337 g/mol. The van der Waals surface area contributed by atoms with Crippen LogP contribution in [-0.2, 0) is 23.8 Å². The number of anilines is 1. The molecule has 9 nitrogen and oxygen atoms in total. The Morgan fingerprint density at radius 2 is 2.12 bits per heavy atom. The molecule has 2 atom stereocenters. The second-order valence-electron chi connectivity index (χ2n) is 5.82. The number of nitrogen functional groups attached to an aromatic ring is 1. The molecule has 2 rings (SSSR count). The first-order valence-electron chi connectivity index (χ1n) is 7.35. The normalized spacial score (nSPS) is 19.7. The van der Waals surface area contributed by atoms with Gasteiger partial charge in [0, 0.05) is 6.92 Å². The number of hydrogen-bond acceptors (Lipinski definition) is 8. The van der Waals surface area contributed by atoms with Gasteiger partial charge in [-0.15, -0.1) is 0 Å². The molecule has 1 aromatic heterocycles. The minimum absolute atomic E-state index is 0.170. The van der Waals surface area contributed by atoms with Crippen LogP contribution in [-0.4, -0.2) is 39.8 Å². The molecule has 1 aliphatic rings. The summed E-state index contributed by atoms with van der Waals surface area (Å²) in [5.41, 5.74) is 3.01. The van der Waals surface area contributed by atoms with E-state index < -0.39 is 47.2 Å². The van der Waals surface area contributed by atoms with Crippen molar-refractivity contribution in [2.24, 2.45) is 0 Å². The number of rotatable bonds is 5. The van der Waals surface area contributed by atoms with E-state index in [9.17, 15) is 18.8 Å². The summed E-state index contributed by atoms with van der Waals surface area (Å²) in [4.78, 5) is 38.0. The molecule has 0 bridgehead atoms. The predicted molar refractivity (Wildman–Crippen MR) is 82.7 cm³/mol. The standard InChI is InChI=1S/C15H18FN3O6/c1-8(20)25-15(2,3)13(21)23-7-9-4-5-11(24-9)19-6-10(16)12(17)18-14(19)22/h4-6,9,11H,7H2,1-3H3,(H2,17,18,22). The van der Waals surface area contributed by atoms with Crippen molar-refractivity contribution in [3.63, 3.8) is 0 Å². The van der Waals surface area contributed by atoms with Crippen molar-refractivity contribution < 1.29 is 28.2 Å². The minimum atomic E-state index is -1.44. The lowest BCUT2D eigenvalue weighted by molar-refractivity contribution is -0.179. The predicted octanol–water partition coefficient (Wildman–Crippen LogP) is 0.303. The van der Waals surface area contributed by atoms with Crippen molar-refractivity contribution in [2.75, 3.05) is 12.3 Å². The fraction of sp³-hybridized carbons (Fsp3) is 0.467. The van der Waals surface area contributed by atoms with Gasteiger partial charge in [0.15, 0.2) is 17.9 Å². The van der Waals surface area contributed by atoms with Crippen molar-refractivity contribution >= 4 is 17.8 Å². The Hall–Kier alpha value is -2.75. The molecule has 0 spiro atoms. The van der Waals surface area contributed by atoms with Crippen LogP contribution in [0.3, 0.4) is 0 Å². The molecule has 0 saturated heterocycles. The van der Waals surface area contributed by atoms with Crippen LogP contribution in [0.4, 0.5) is 10.2 Å². The number of nitrogens with zero attached hydrogens (tertiary/aromatic N) is 2. The second kappa shape index (κ2) is 7.01. The first-order valence-corrected chi connectivity index (χ1v) is 7.35. The van der Waals surface area contributed by atoms with Crippen LogP contribution in [0.2, 0.25) is 0 Å². The second-order valence-corrected chi connectivity index (χ2v) is 5.82. The molecule has 136 valence electrons. The molecule has 0 amide bonds. The molecule has 10 heteroatoms. The van der Waals surface area contributed by atoms with Crippen molar-refractivity contribution in [3.05, 3.63) is 34.7 Å². The summed E-state index contributed by atoms with van der Waals surface area (Å²) >= 11 is 0. The zero-order valence-electron chi connectivity index (χ0n) is 13.9. The van der Waals surface area contributed by atoms with Gasteiger partial charge in [-0.2, -0.15) is 4.98 Å². The number of esters is 2. The summed E-state index contributed by atoms with van der Waals surface area (Å²) in [6.07, 6.45) is 2.37. The van der Waals surface area contributed by atoms with Gasteiger partial charge >= 0.3 is 17.6 Å². The average molecular weight is 355 g/mol. The summed E-state index contributed by atoms with van der Waals surface area (Å²) in [5.74, 6) is -2.71. The number of carbonyl (C=O) groups excluding carboxylic acids is 2. The van der Waals surface area contributed by atoms with Gasteiger partial charge in [-0.05, 0) is 19.9 Å². The highest BCUT2D eigenvalue weighted by Crippen LogP contribution is 2.21. The molecule has 0 aromatic carbocycles. The maximum atomic E-state index is 13.5. The van der Waals surface area contributed by atoms with E-state index in [1.54, 1.807) is 6.08 Å². The smallest absolute Gasteiger partial charge is 0.352 e. The van der Waals surface area contributed by atoms with Crippen LogP contribution in [0.15, 0.2) is 23.1 Å². The van der Waals surface area contributed by atoms with Gasteiger partial charge in [-0.1, -0.05) is 6.08 Å². The Balaban J connectivity index is 1.95. The van der Waals surface area contributed by atoms with Gasteiger partial charge in [0.1, 0.15) is 12.7 Å². The van der Waals surface area contributed by atoms with E-state index in [1.165, 1.54) is 26.8 Å². The van der Waals surface area contributed by atoms with Crippen LogP contribution < -0.4 is 11.4 Å². The zero-order valence-corrected chi connectivity index (χ0v) is 13.9. The highest BCUT2D eigenvalue weighted by molar-refractivity contribution is 5.82. The number of nitrogens with two attached hydrogens (primary N) is 1. The Kier molecular flexibility index (Phi) is 5.21. The van der Waals surface area contributed by atoms with Gasteiger partial charge in [0.2, 0.25) is 5.60 Å². The van der Waals surface area contributed by atoms with Gasteiger partial charge in [-0.3, -0.25) is 9.36 Å². The quantitative estimate of drug-likeness (QED) is 0.591. The van der Waals surface area contributed by atoms with Gasteiger partial charge in [-0.25, -0.2) is 14.0 Å². The van der Waals surface area contributed by atoms with E-state index in [0.29, 0.717) is 0 Å². The van der Waals surface area contributed by atoms with E-state index >= 15 is 0 Å². The van der Waals surface area contributed by atoms with Crippen molar-refractivity contribution in [1.29, 1.82) is 0 Å². The first kappa shape index (κ1) is 18.6. The molecule has 2 N–H and O–H groups in total. The highest BCUT2D eigenvalue weighted by atomic mass is 19.1. The van der Waals surface area contributed by atoms with E-state index in [0.717, 1.165) is 10.8 Å². The fourth-order valence-corrected chi connectivity index (χ4v) is 2.11. The lowest BCUT2D eigenvalue weighted by Gasteiger charge is -2.23. The zero-order chi connectivity index (χ0) is 18.8. The molecule has 2 unspecified atom stereocenters. The van der Waals surface area contributed by atoms with Crippen LogP contribution in [0.1, 0.15) is 27.0 Å². The maximum absolute atomic E-state index is 13.5.